The van der Waals surface area contributed by atoms with Crippen LogP contribution in [0, 0.1) is 0 Å². The number of aromatic nitrogens is 2. The van der Waals surface area contributed by atoms with E-state index in [0.717, 1.165) is 11.0 Å². The summed E-state index contributed by atoms with van der Waals surface area (Å²) >= 11 is 0. The molecule has 0 atom stereocenters. The molecule has 0 saturated carbocycles. The molecule has 21 heavy (non-hydrogen) atoms. The van der Waals surface area contributed by atoms with E-state index in [-0.39, 0.29) is 12.3 Å². The molecule has 0 radical (unpaired) electrons. The van der Waals surface area contributed by atoms with Gasteiger partial charge >= 0.3 is 11.7 Å². The average Bonchev–Trinajstić information content (AvgIpc) is 3.11. The summed E-state index contributed by atoms with van der Waals surface area (Å²) in [6.45, 7) is 0.734. The van der Waals surface area contributed by atoms with E-state index in [1.165, 1.54) is 12.5 Å². The van der Waals surface area contributed by atoms with Gasteiger partial charge in [0.1, 0.15) is 6.26 Å². The minimum atomic E-state index is -0.421. The summed E-state index contributed by atoms with van der Waals surface area (Å²) in [6.07, 6.45) is 3.32. The van der Waals surface area contributed by atoms with Crippen molar-refractivity contribution in [1.82, 2.24) is 9.55 Å². The van der Waals surface area contributed by atoms with Crippen LogP contribution in [-0.2, 0) is 11.3 Å². The van der Waals surface area contributed by atoms with Gasteiger partial charge in [-0.1, -0.05) is 12.1 Å². The highest BCUT2D eigenvalue weighted by Crippen LogP contribution is 2.09. The van der Waals surface area contributed by atoms with Crippen molar-refractivity contribution in [2.75, 3.05) is 6.61 Å². The molecule has 0 saturated heterocycles. The predicted octanol–water partition coefficient (Wildman–Crippen LogP) is 2.17. The molecule has 0 spiro atoms. The number of nitrogens with zero attached hydrogens (tertiary/aromatic N) is 1. The van der Waals surface area contributed by atoms with Crippen LogP contribution < -0.4 is 5.69 Å². The predicted molar refractivity (Wildman–Crippen MR) is 76.2 cm³/mol. The molecular weight excluding hydrogens is 272 g/mol. The number of esters is 1. The summed E-state index contributed by atoms with van der Waals surface area (Å²) in [5.74, 6) is -0.421. The van der Waals surface area contributed by atoms with E-state index in [9.17, 15) is 9.59 Å². The third kappa shape index (κ3) is 2.74. The molecule has 0 bridgehead atoms. The first-order valence-corrected chi connectivity index (χ1v) is 6.62. The number of nitrogens with one attached hydrogen (secondary N) is 1. The standard InChI is InChI=1S/C15H14N2O4/c18-14(11-6-9-20-10-11)21-8-3-7-17-13-5-2-1-4-12(13)16-15(17)19/h1-2,4-6,9-10H,3,7-8H2,(H,16,19). The largest absolute Gasteiger partial charge is 0.472 e. The molecule has 6 heteroatoms. The smallest absolute Gasteiger partial charge is 0.341 e. The molecule has 0 amide bonds. The fourth-order valence-electron chi connectivity index (χ4n) is 2.18. The maximum atomic E-state index is 11.8. The third-order valence-corrected chi connectivity index (χ3v) is 3.20. The Labute approximate surface area is 119 Å². The zero-order valence-electron chi connectivity index (χ0n) is 11.2. The number of aryl methyl sites for hydroxylation is 1. The van der Waals surface area contributed by atoms with E-state index in [4.69, 9.17) is 9.15 Å². The molecule has 0 fully saturated rings. The monoisotopic (exact) mass is 286 g/mol. The number of carbonyl (C=O) groups is 1. The van der Waals surface area contributed by atoms with Crippen molar-refractivity contribution in [3.8, 4) is 0 Å². The summed E-state index contributed by atoms with van der Waals surface area (Å²) < 4.78 is 11.6. The highest BCUT2D eigenvalue weighted by atomic mass is 16.5. The van der Waals surface area contributed by atoms with Gasteiger partial charge in [-0.2, -0.15) is 0 Å². The summed E-state index contributed by atoms with van der Waals surface area (Å²) in [6, 6.07) is 9.03. The average molecular weight is 286 g/mol. The number of carbonyl (C=O) groups excluding carboxylic acids is 1. The molecule has 6 nitrogen and oxygen atoms in total. The maximum Gasteiger partial charge on any atom is 0.341 e. The van der Waals surface area contributed by atoms with E-state index in [0.29, 0.717) is 18.5 Å². The van der Waals surface area contributed by atoms with Crippen molar-refractivity contribution in [2.45, 2.75) is 13.0 Å². The number of H-pyrrole nitrogens is 1. The summed E-state index contributed by atoms with van der Waals surface area (Å²) in [4.78, 5) is 26.2. The van der Waals surface area contributed by atoms with Gasteiger partial charge in [0.25, 0.3) is 0 Å². The second-order valence-corrected chi connectivity index (χ2v) is 4.60. The van der Waals surface area contributed by atoms with Crippen molar-refractivity contribution in [2.24, 2.45) is 0 Å². The number of ether oxygens (including phenoxy) is 1. The van der Waals surface area contributed by atoms with Gasteiger partial charge in [0, 0.05) is 6.54 Å². The van der Waals surface area contributed by atoms with Crippen LogP contribution in [0.5, 0.6) is 0 Å². The second-order valence-electron chi connectivity index (χ2n) is 4.60. The van der Waals surface area contributed by atoms with Gasteiger partial charge in [0.15, 0.2) is 0 Å². The summed E-state index contributed by atoms with van der Waals surface area (Å²) in [5.41, 5.74) is 1.89. The molecule has 108 valence electrons. The minimum Gasteiger partial charge on any atom is -0.472 e. The molecule has 0 aliphatic rings. The number of furan rings is 1. The number of aromatic amines is 1. The van der Waals surface area contributed by atoms with Crippen LogP contribution in [0.3, 0.4) is 0 Å². The van der Waals surface area contributed by atoms with Gasteiger partial charge in [-0.05, 0) is 24.6 Å². The van der Waals surface area contributed by atoms with E-state index >= 15 is 0 Å². The lowest BCUT2D eigenvalue weighted by Gasteiger charge is -2.04. The van der Waals surface area contributed by atoms with Crippen LogP contribution in [0.2, 0.25) is 0 Å². The summed E-state index contributed by atoms with van der Waals surface area (Å²) in [7, 11) is 0. The Morgan fingerprint density at radius 3 is 2.95 bits per heavy atom. The first kappa shape index (κ1) is 13.2. The van der Waals surface area contributed by atoms with Crippen LogP contribution in [0.4, 0.5) is 0 Å². The Bertz CT molecular complexity index is 799. The van der Waals surface area contributed by atoms with Crippen LogP contribution >= 0.6 is 0 Å². The highest BCUT2D eigenvalue weighted by Gasteiger charge is 2.09. The van der Waals surface area contributed by atoms with E-state index in [1.807, 2.05) is 24.3 Å². The van der Waals surface area contributed by atoms with E-state index < -0.39 is 5.97 Å². The van der Waals surface area contributed by atoms with Crippen LogP contribution in [0.15, 0.2) is 52.1 Å². The van der Waals surface area contributed by atoms with Gasteiger partial charge < -0.3 is 14.1 Å². The number of para-hydroxylation sites is 2. The molecule has 1 aromatic carbocycles. The van der Waals surface area contributed by atoms with Crippen LogP contribution in [0.25, 0.3) is 11.0 Å². The minimum absolute atomic E-state index is 0.155. The Morgan fingerprint density at radius 2 is 2.14 bits per heavy atom. The lowest BCUT2D eigenvalue weighted by atomic mass is 10.3. The molecule has 3 rings (SSSR count). The van der Waals surface area contributed by atoms with Gasteiger partial charge in [-0.15, -0.1) is 0 Å². The first-order valence-electron chi connectivity index (χ1n) is 6.62. The zero-order valence-corrected chi connectivity index (χ0v) is 11.2. The Hall–Kier alpha value is -2.76. The lowest BCUT2D eigenvalue weighted by molar-refractivity contribution is 0.0495. The number of fused-ring (bicyclic) bond motifs is 1. The number of hydrogen-bond donors (Lipinski definition) is 1. The Kier molecular flexibility index (Phi) is 3.59. The highest BCUT2D eigenvalue weighted by molar-refractivity contribution is 5.88. The molecule has 0 aliphatic carbocycles. The molecular formula is C15H14N2O4. The lowest BCUT2D eigenvalue weighted by Crippen LogP contribution is -2.18. The van der Waals surface area contributed by atoms with Gasteiger partial charge in [-0.25, -0.2) is 9.59 Å². The first-order chi connectivity index (χ1) is 10.3. The normalized spacial score (nSPS) is 10.9. The number of rotatable bonds is 5. The van der Waals surface area contributed by atoms with Crippen molar-refractivity contribution < 1.29 is 13.9 Å². The third-order valence-electron chi connectivity index (χ3n) is 3.20. The molecule has 3 aromatic rings. The second kappa shape index (κ2) is 5.70. The van der Waals surface area contributed by atoms with Gasteiger partial charge in [0.2, 0.25) is 0 Å². The Morgan fingerprint density at radius 1 is 1.29 bits per heavy atom. The summed E-state index contributed by atoms with van der Waals surface area (Å²) in [5, 5.41) is 0. The van der Waals surface area contributed by atoms with Crippen molar-refractivity contribution >= 4 is 17.0 Å². The molecule has 1 N–H and O–H groups in total. The fraction of sp³-hybridized carbons (Fsp3) is 0.200. The Balaban J connectivity index is 1.59. The van der Waals surface area contributed by atoms with E-state index in [1.54, 1.807) is 10.6 Å². The number of benzene rings is 1. The van der Waals surface area contributed by atoms with E-state index in [2.05, 4.69) is 4.98 Å². The number of hydrogen-bond acceptors (Lipinski definition) is 4. The molecule has 0 unspecified atom stereocenters. The van der Waals surface area contributed by atoms with Crippen molar-refractivity contribution in [3.63, 3.8) is 0 Å². The number of imidazole rings is 1. The van der Waals surface area contributed by atoms with Crippen molar-refractivity contribution in [3.05, 3.63) is 58.9 Å². The van der Waals surface area contributed by atoms with Gasteiger partial charge in [0.05, 0.1) is 29.5 Å². The topological polar surface area (TPSA) is 77.2 Å². The maximum absolute atomic E-state index is 11.8. The molecule has 0 aliphatic heterocycles. The fourth-order valence-corrected chi connectivity index (χ4v) is 2.18. The van der Waals surface area contributed by atoms with Crippen molar-refractivity contribution in [1.29, 1.82) is 0 Å². The molecule has 2 aromatic heterocycles. The van der Waals surface area contributed by atoms with Crippen LogP contribution in [-0.4, -0.2) is 22.1 Å². The molecule has 2 heterocycles. The quantitative estimate of drug-likeness (QED) is 0.576. The SMILES string of the molecule is O=C(OCCCn1c(=O)[nH]c2ccccc21)c1ccoc1. The van der Waals surface area contributed by atoms with Gasteiger partial charge in [-0.3, -0.25) is 4.57 Å². The zero-order chi connectivity index (χ0) is 14.7. The van der Waals surface area contributed by atoms with Crippen LogP contribution in [0.1, 0.15) is 16.8 Å².